The minimum Gasteiger partial charge on any atom is -0.394 e. The lowest BCUT2D eigenvalue weighted by Crippen LogP contribution is -2.38. The predicted octanol–water partition coefficient (Wildman–Crippen LogP) is 1.78. The largest absolute Gasteiger partial charge is 0.394 e. The summed E-state index contributed by atoms with van der Waals surface area (Å²) in [5, 5.41) is 14.2. The number of aliphatic hydroxyl groups excluding tert-OH is 1. The van der Waals surface area contributed by atoms with Crippen LogP contribution in [0.5, 0.6) is 0 Å². The van der Waals surface area contributed by atoms with E-state index in [2.05, 4.69) is 16.9 Å². The van der Waals surface area contributed by atoms with Gasteiger partial charge in [0, 0.05) is 19.6 Å². The zero-order valence-electron chi connectivity index (χ0n) is 12.3. The topological polar surface area (TPSA) is 67.3 Å². The summed E-state index contributed by atoms with van der Waals surface area (Å²) in [5.41, 5.74) is 7.91. The molecule has 1 aromatic rings. The van der Waals surface area contributed by atoms with E-state index in [9.17, 15) is 5.11 Å². The van der Waals surface area contributed by atoms with Gasteiger partial charge in [0.1, 0.15) is 0 Å². The molecule has 3 N–H and O–H groups in total. The number of nitrogens with two attached hydrogens (primary N) is 1. The van der Waals surface area contributed by atoms with Gasteiger partial charge >= 0.3 is 0 Å². The van der Waals surface area contributed by atoms with Crippen molar-refractivity contribution >= 4 is 11.5 Å². The third-order valence-electron chi connectivity index (χ3n) is 4.10. The van der Waals surface area contributed by atoms with E-state index in [0.29, 0.717) is 5.92 Å². The van der Waals surface area contributed by atoms with Crippen LogP contribution in [-0.4, -0.2) is 34.1 Å². The van der Waals surface area contributed by atoms with Gasteiger partial charge in [0.2, 0.25) is 0 Å². The van der Waals surface area contributed by atoms with E-state index in [-0.39, 0.29) is 6.10 Å². The van der Waals surface area contributed by atoms with Crippen LogP contribution in [0.3, 0.4) is 0 Å². The lowest BCUT2D eigenvalue weighted by Gasteiger charge is -2.35. The minimum atomic E-state index is -0.207. The van der Waals surface area contributed by atoms with Crippen molar-refractivity contribution in [1.29, 1.82) is 0 Å². The number of rotatable bonds is 4. The lowest BCUT2D eigenvalue weighted by atomic mass is 9.92. The molecule has 1 unspecified atom stereocenters. The molecule has 1 aliphatic heterocycles. The Hall–Kier alpha value is -1.23. The van der Waals surface area contributed by atoms with Crippen LogP contribution in [0.15, 0.2) is 0 Å². The smallest absolute Gasteiger partial charge is 0.150 e. The molecule has 1 aromatic heterocycles. The lowest BCUT2D eigenvalue weighted by molar-refractivity contribution is 0.109. The Kier molecular flexibility index (Phi) is 4.34. The van der Waals surface area contributed by atoms with Gasteiger partial charge in [0.05, 0.1) is 17.5 Å². The molecule has 0 amide bonds. The third kappa shape index (κ3) is 2.86. The molecule has 5 heteroatoms. The van der Waals surface area contributed by atoms with Crippen molar-refractivity contribution in [2.24, 2.45) is 5.92 Å². The Balaban J connectivity index is 2.14. The molecule has 2 heterocycles. The number of hydrogen-bond acceptors (Lipinski definition) is 4. The molecular formula is C14H26N4O. The molecular weight excluding hydrogens is 240 g/mol. The Morgan fingerprint density at radius 2 is 2.05 bits per heavy atom. The van der Waals surface area contributed by atoms with Crippen LogP contribution in [0.25, 0.3) is 0 Å². The average molecular weight is 266 g/mol. The van der Waals surface area contributed by atoms with E-state index in [0.717, 1.165) is 56.1 Å². The van der Waals surface area contributed by atoms with E-state index in [1.54, 1.807) is 0 Å². The van der Waals surface area contributed by atoms with Crippen molar-refractivity contribution in [1.82, 2.24) is 9.78 Å². The Morgan fingerprint density at radius 1 is 1.42 bits per heavy atom. The molecule has 0 saturated carbocycles. The summed E-state index contributed by atoms with van der Waals surface area (Å²) in [6.07, 6.45) is 2.89. The summed E-state index contributed by atoms with van der Waals surface area (Å²) >= 11 is 0. The van der Waals surface area contributed by atoms with Gasteiger partial charge in [-0.3, -0.25) is 0 Å². The highest BCUT2D eigenvalue weighted by Crippen LogP contribution is 2.31. The minimum absolute atomic E-state index is 0.207. The van der Waals surface area contributed by atoms with Gasteiger partial charge in [0.15, 0.2) is 5.82 Å². The van der Waals surface area contributed by atoms with Gasteiger partial charge in [-0.2, -0.15) is 5.10 Å². The summed E-state index contributed by atoms with van der Waals surface area (Å²) in [6.45, 7) is 8.82. The number of aryl methyl sites for hydroxylation is 2. The highest BCUT2D eigenvalue weighted by molar-refractivity contribution is 5.66. The molecule has 0 radical (unpaired) electrons. The van der Waals surface area contributed by atoms with Crippen LogP contribution < -0.4 is 10.6 Å². The first-order valence-electron chi connectivity index (χ1n) is 7.30. The quantitative estimate of drug-likeness (QED) is 0.871. The van der Waals surface area contributed by atoms with Crippen LogP contribution in [0.2, 0.25) is 0 Å². The van der Waals surface area contributed by atoms with Gasteiger partial charge < -0.3 is 15.7 Å². The highest BCUT2D eigenvalue weighted by Gasteiger charge is 2.26. The summed E-state index contributed by atoms with van der Waals surface area (Å²) in [5.74, 6) is 1.49. The van der Waals surface area contributed by atoms with Gasteiger partial charge in [0.25, 0.3) is 0 Å². The fraction of sp³-hybridized carbons (Fsp3) is 0.786. The SMILES string of the molecule is CCCn1nc(C)c(N)c1N1CCC(C(C)O)CC1. The van der Waals surface area contributed by atoms with Crippen molar-refractivity contribution in [2.45, 2.75) is 52.7 Å². The molecule has 1 aliphatic rings. The molecule has 19 heavy (non-hydrogen) atoms. The van der Waals surface area contributed by atoms with Crippen LogP contribution in [0.1, 0.15) is 38.8 Å². The number of hydrogen-bond donors (Lipinski definition) is 2. The van der Waals surface area contributed by atoms with Crippen LogP contribution in [0, 0.1) is 12.8 Å². The summed E-state index contributed by atoms with van der Waals surface area (Å²) in [6, 6.07) is 0. The molecule has 1 fully saturated rings. The number of piperidine rings is 1. The number of aliphatic hydroxyl groups is 1. The van der Waals surface area contributed by atoms with Gasteiger partial charge in [-0.15, -0.1) is 0 Å². The molecule has 2 rings (SSSR count). The Bertz CT molecular complexity index is 419. The van der Waals surface area contributed by atoms with Gasteiger partial charge in [-0.05, 0) is 39.0 Å². The summed E-state index contributed by atoms with van der Waals surface area (Å²) in [4.78, 5) is 2.32. The van der Waals surface area contributed by atoms with E-state index in [1.165, 1.54) is 0 Å². The summed E-state index contributed by atoms with van der Waals surface area (Å²) < 4.78 is 2.04. The number of nitrogen functional groups attached to an aromatic ring is 1. The van der Waals surface area contributed by atoms with Crippen molar-refractivity contribution in [3.05, 3.63) is 5.69 Å². The maximum absolute atomic E-state index is 9.67. The highest BCUT2D eigenvalue weighted by atomic mass is 16.3. The Morgan fingerprint density at radius 3 is 2.58 bits per heavy atom. The van der Waals surface area contributed by atoms with Crippen LogP contribution in [0.4, 0.5) is 11.5 Å². The molecule has 5 nitrogen and oxygen atoms in total. The second-order valence-electron chi connectivity index (χ2n) is 5.61. The monoisotopic (exact) mass is 266 g/mol. The standard InChI is InChI=1S/C14H26N4O/c1-4-7-18-14(13(15)10(2)16-18)17-8-5-12(6-9-17)11(3)19/h11-12,19H,4-9,15H2,1-3H3. The van der Waals surface area contributed by atoms with E-state index in [1.807, 2.05) is 18.5 Å². The fourth-order valence-electron chi connectivity index (χ4n) is 2.88. The molecule has 0 spiro atoms. The number of nitrogens with zero attached hydrogens (tertiary/aromatic N) is 3. The van der Waals surface area contributed by atoms with E-state index >= 15 is 0 Å². The third-order valence-corrected chi connectivity index (χ3v) is 4.10. The fourth-order valence-corrected chi connectivity index (χ4v) is 2.88. The van der Waals surface area contributed by atoms with E-state index in [4.69, 9.17) is 5.73 Å². The number of anilines is 2. The first-order chi connectivity index (χ1) is 9.04. The molecule has 0 aliphatic carbocycles. The predicted molar refractivity (Wildman–Crippen MR) is 78.3 cm³/mol. The van der Waals surface area contributed by atoms with Crippen LogP contribution in [-0.2, 0) is 6.54 Å². The first-order valence-corrected chi connectivity index (χ1v) is 7.30. The maximum Gasteiger partial charge on any atom is 0.150 e. The van der Waals surface area contributed by atoms with Gasteiger partial charge in [-0.25, -0.2) is 4.68 Å². The maximum atomic E-state index is 9.67. The second kappa shape index (κ2) is 5.82. The molecule has 0 aromatic carbocycles. The first kappa shape index (κ1) is 14.2. The molecule has 1 saturated heterocycles. The van der Waals surface area contributed by atoms with Crippen molar-refractivity contribution in [3.63, 3.8) is 0 Å². The van der Waals surface area contributed by atoms with Crippen molar-refractivity contribution < 1.29 is 5.11 Å². The zero-order chi connectivity index (χ0) is 14.0. The number of aromatic nitrogens is 2. The zero-order valence-corrected chi connectivity index (χ0v) is 12.3. The molecule has 1 atom stereocenters. The Labute approximate surface area is 115 Å². The molecule has 0 bridgehead atoms. The normalized spacial score (nSPS) is 18.8. The van der Waals surface area contributed by atoms with Crippen LogP contribution >= 0.6 is 0 Å². The van der Waals surface area contributed by atoms with E-state index < -0.39 is 0 Å². The second-order valence-corrected chi connectivity index (χ2v) is 5.61. The average Bonchev–Trinajstić information content (AvgIpc) is 2.66. The van der Waals surface area contributed by atoms with Gasteiger partial charge in [-0.1, -0.05) is 6.92 Å². The molecule has 108 valence electrons. The van der Waals surface area contributed by atoms with Crippen molar-refractivity contribution in [2.75, 3.05) is 23.7 Å². The summed E-state index contributed by atoms with van der Waals surface area (Å²) in [7, 11) is 0. The van der Waals surface area contributed by atoms with Crippen molar-refractivity contribution in [3.8, 4) is 0 Å².